The molecule has 0 bridgehead atoms. The largest absolute Gasteiger partial charge is 0.308 e. The molecule has 1 aliphatic heterocycles. The molecule has 0 aliphatic carbocycles. The highest BCUT2D eigenvalue weighted by atomic mass is 32.1. The number of fused-ring (bicyclic) bond motifs is 11. The third-order valence-corrected chi connectivity index (χ3v) is 14.3. The van der Waals surface area contributed by atoms with Gasteiger partial charge in [-0.3, -0.25) is 4.99 Å². The average Bonchev–Trinajstić information content (AvgIpc) is 3.86. The van der Waals surface area contributed by atoms with E-state index in [1.165, 1.54) is 102 Å². The van der Waals surface area contributed by atoms with E-state index >= 15 is 0 Å². The molecule has 0 radical (unpaired) electrons. The minimum Gasteiger partial charge on any atom is -0.308 e. The van der Waals surface area contributed by atoms with E-state index in [9.17, 15) is 0 Å². The lowest BCUT2D eigenvalue weighted by Crippen LogP contribution is -2.26. The maximum atomic E-state index is 5.66. The third-order valence-electron chi connectivity index (χ3n) is 13.1. The van der Waals surface area contributed by atoms with Crippen LogP contribution in [0.25, 0.3) is 90.8 Å². The quantitative estimate of drug-likeness (QED) is 0.159. The molecule has 0 amide bonds. The zero-order valence-corrected chi connectivity index (χ0v) is 34.2. The summed E-state index contributed by atoms with van der Waals surface area (Å²) in [4.78, 5) is 11.3. The van der Waals surface area contributed by atoms with Crippen molar-refractivity contribution in [3.05, 3.63) is 211 Å². The second-order valence-electron chi connectivity index (χ2n) is 16.5. The fourth-order valence-electron chi connectivity index (χ4n) is 10.2. The first-order valence-corrected chi connectivity index (χ1v) is 21.9. The molecule has 2 unspecified atom stereocenters. The number of hydrogen-bond donors (Lipinski definition) is 0. The zero-order valence-electron chi connectivity index (χ0n) is 33.4. The second kappa shape index (κ2) is 13.3. The Morgan fingerprint density at radius 1 is 0.475 bits per heavy atom. The molecule has 4 heteroatoms. The van der Waals surface area contributed by atoms with Crippen LogP contribution in [0.4, 0.5) is 0 Å². The molecule has 3 nitrogen and oxygen atoms in total. The van der Waals surface area contributed by atoms with Gasteiger partial charge in [-0.15, -0.1) is 11.3 Å². The Hall–Kier alpha value is -7.40. The monoisotopic (exact) mass is 795 g/mol. The lowest BCUT2D eigenvalue weighted by molar-refractivity contribution is 0.597. The van der Waals surface area contributed by atoms with Crippen molar-refractivity contribution in [3.8, 4) is 5.69 Å². The summed E-state index contributed by atoms with van der Waals surface area (Å²) >= 11 is 1.88. The molecule has 10 aromatic carbocycles. The molecule has 3 heterocycles. The van der Waals surface area contributed by atoms with Crippen molar-refractivity contribution in [2.24, 2.45) is 15.9 Å². The first-order chi connectivity index (χ1) is 30.2. The van der Waals surface area contributed by atoms with Gasteiger partial charge >= 0.3 is 0 Å². The van der Waals surface area contributed by atoms with Gasteiger partial charge in [0.25, 0.3) is 0 Å². The van der Waals surface area contributed by atoms with Crippen molar-refractivity contribution < 1.29 is 0 Å². The molecule has 0 spiro atoms. The number of aliphatic imine (C=N–C) groups is 2. The average molecular weight is 796 g/mol. The fraction of sp³-hybridized carbons (Fsp3) is 0.0526. The van der Waals surface area contributed by atoms with Gasteiger partial charge in [0.15, 0.2) is 5.84 Å². The Kier molecular flexibility index (Phi) is 7.52. The number of amidine groups is 1. The molecule has 0 saturated heterocycles. The van der Waals surface area contributed by atoms with E-state index in [4.69, 9.17) is 9.98 Å². The molecule has 0 saturated carbocycles. The van der Waals surface area contributed by atoms with E-state index in [2.05, 4.69) is 206 Å². The highest BCUT2D eigenvalue weighted by Gasteiger charge is 2.33. The van der Waals surface area contributed by atoms with Crippen LogP contribution in [-0.4, -0.2) is 16.1 Å². The molecule has 286 valence electrons. The van der Waals surface area contributed by atoms with Crippen LogP contribution in [0.5, 0.6) is 0 Å². The summed E-state index contributed by atoms with van der Waals surface area (Å²) in [5, 5.41) is 14.9. The van der Waals surface area contributed by atoms with E-state index in [0.717, 1.165) is 17.1 Å². The summed E-state index contributed by atoms with van der Waals surface area (Å²) in [7, 11) is 0. The molecule has 2 atom stereocenters. The van der Waals surface area contributed by atoms with E-state index in [-0.39, 0.29) is 12.0 Å². The summed E-state index contributed by atoms with van der Waals surface area (Å²) < 4.78 is 5.02. The van der Waals surface area contributed by atoms with Gasteiger partial charge in [0.2, 0.25) is 0 Å². The summed E-state index contributed by atoms with van der Waals surface area (Å²) in [5.41, 5.74) is 8.09. The molecule has 2 aromatic heterocycles. The fourth-order valence-corrected chi connectivity index (χ4v) is 11.4. The first kappa shape index (κ1) is 34.5. The van der Waals surface area contributed by atoms with Gasteiger partial charge in [-0.1, -0.05) is 159 Å². The van der Waals surface area contributed by atoms with Gasteiger partial charge in [-0.25, -0.2) is 4.99 Å². The normalized spacial score (nSPS) is 15.8. The van der Waals surface area contributed by atoms with Crippen molar-refractivity contribution >= 4 is 108 Å². The third kappa shape index (κ3) is 5.22. The van der Waals surface area contributed by atoms with Crippen molar-refractivity contribution in [1.29, 1.82) is 0 Å². The van der Waals surface area contributed by atoms with Gasteiger partial charge in [0.1, 0.15) is 0 Å². The van der Waals surface area contributed by atoms with Gasteiger partial charge in [0.05, 0.1) is 33.2 Å². The maximum absolute atomic E-state index is 5.66. The first-order valence-electron chi connectivity index (χ1n) is 21.1. The number of para-hydroxylation sites is 1. The van der Waals surface area contributed by atoms with E-state index < -0.39 is 0 Å². The number of thiophene rings is 1. The van der Waals surface area contributed by atoms with Crippen LogP contribution >= 0.6 is 11.3 Å². The highest BCUT2D eigenvalue weighted by molar-refractivity contribution is 7.26. The number of nitrogens with zero attached hydrogens (tertiary/aromatic N) is 3. The predicted molar refractivity (Wildman–Crippen MR) is 262 cm³/mol. The molecule has 13 rings (SSSR count). The van der Waals surface area contributed by atoms with Gasteiger partial charge in [-0.05, 0) is 91.1 Å². The minimum absolute atomic E-state index is 0.0268. The second-order valence-corrected chi connectivity index (χ2v) is 17.5. The Morgan fingerprint density at radius 3 is 1.93 bits per heavy atom. The van der Waals surface area contributed by atoms with E-state index in [0.29, 0.717) is 0 Å². The SMILES string of the molecule is CC1C(c2ccc(-n3c4ccccc4c4cc5ccccc5cc43)c3sc4ccccc4c23)=NC(c2ccc3ccccc3c2)=NC1c1cc2ccccc2c2ccccc12. The summed E-state index contributed by atoms with van der Waals surface area (Å²) in [6.45, 7) is 2.33. The molecule has 1 aliphatic rings. The molecule has 61 heavy (non-hydrogen) atoms. The Labute approximate surface area is 356 Å². The highest BCUT2D eigenvalue weighted by Crippen LogP contribution is 2.46. The van der Waals surface area contributed by atoms with Crippen LogP contribution in [-0.2, 0) is 0 Å². The molecular formula is C57H37N3S. The van der Waals surface area contributed by atoms with Crippen LogP contribution in [0.15, 0.2) is 204 Å². The number of hydrogen-bond acceptors (Lipinski definition) is 3. The van der Waals surface area contributed by atoms with Crippen LogP contribution in [0.2, 0.25) is 0 Å². The van der Waals surface area contributed by atoms with Crippen LogP contribution < -0.4 is 0 Å². The van der Waals surface area contributed by atoms with Crippen LogP contribution in [0, 0.1) is 5.92 Å². The summed E-state index contributed by atoms with van der Waals surface area (Å²) in [5.74, 6) is 0.744. The summed E-state index contributed by atoms with van der Waals surface area (Å²) in [6, 6.07) is 70.9. The standard InChI is InChI=1S/C57H37N3S/c1-34-54(58-57(40-27-26-35-14-2-3-15-36(35)30-40)59-55(34)48-32-39-18-6-7-19-41(39)42-20-8-9-21-43(42)48)46-28-29-50(56-53(46)45-23-11-13-25-52(45)61-56)60-49-24-12-10-22-44(49)47-31-37-16-4-5-17-38(37)33-51(47)60/h2-34,55H,1H3. The molecular weight excluding hydrogens is 759 g/mol. The topological polar surface area (TPSA) is 29.6 Å². The number of rotatable bonds is 4. The zero-order chi connectivity index (χ0) is 40.2. The van der Waals surface area contributed by atoms with Crippen molar-refractivity contribution in [1.82, 2.24) is 4.57 Å². The van der Waals surface area contributed by atoms with Crippen molar-refractivity contribution in [3.63, 3.8) is 0 Å². The number of benzene rings is 10. The molecule has 0 fully saturated rings. The maximum Gasteiger partial charge on any atom is 0.155 e. The number of aromatic nitrogens is 1. The predicted octanol–water partition coefficient (Wildman–Crippen LogP) is 15.4. The molecule has 12 aromatic rings. The Balaban J connectivity index is 1.09. The van der Waals surface area contributed by atoms with Gasteiger partial charge in [-0.2, -0.15) is 0 Å². The lowest BCUT2D eigenvalue weighted by Gasteiger charge is -2.29. The Bertz CT molecular complexity index is 3860. The minimum atomic E-state index is -0.172. The lowest BCUT2D eigenvalue weighted by atomic mass is 9.82. The van der Waals surface area contributed by atoms with Crippen molar-refractivity contribution in [2.45, 2.75) is 13.0 Å². The van der Waals surface area contributed by atoms with Crippen molar-refractivity contribution in [2.75, 3.05) is 0 Å². The smallest absolute Gasteiger partial charge is 0.155 e. The van der Waals surface area contributed by atoms with E-state index in [1.807, 2.05) is 11.3 Å². The Morgan fingerprint density at radius 2 is 1.11 bits per heavy atom. The van der Waals surface area contributed by atoms with Gasteiger partial charge in [0, 0.05) is 43.3 Å². The molecule has 0 N–H and O–H groups in total. The van der Waals surface area contributed by atoms with Gasteiger partial charge < -0.3 is 4.57 Å². The van der Waals surface area contributed by atoms with Crippen LogP contribution in [0.3, 0.4) is 0 Å². The van der Waals surface area contributed by atoms with Crippen LogP contribution in [0.1, 0.15) is 29.7 Å². The summed E-state index contributed by atoms with van der Waals surface area (Å²) in [6.07, 6.45) is 0. The van der Waals surface area contributed by atoms with E-state index in [1.54, 1.807) is 0 Å².